The number of hydrogen-bond donors (Lipinski definition) is 6. The van der Waals surface area contributed by atoms with Gasteiger partial charge in [0.25, 0.3) is 0 Å². The van der Waals surface area contributed by atoms with Gasteiger partial charge in [-0.2, -0.15) is 8.42 Å². The van der Waals surface area contributed by atoms with Gasteiger partial charge in [-0.1, -0.05) is 0 Å². The normalized spacial score (nSPS) is 11.9. The molecule has 6 N–H and O–H groups in total. The van der Waals surface area contributed by atoms with Crippen molar-refractivity contribution in [2.75, 3.05) is 25.4 Å². The van der Waals surface area contributed by atoms with Crippen molar-refractivity contribution in [3.8, 4) is 0 Å². The van der Waals surface area contributed by atoms with E-state index in [1.807, 2.05) is 0 Å². The maximum absolute atomic E-state index is 8.74. The summed E-state index contributed by atoms with van der Waals surface area (Å²) in [5.74, 6) is 0. The lowest BCUT2D eigenvalue weighted by Crippen LogP contribution is -2.10. The minimum Gasteiger partial charge on any atom is -0.392 e. The van der Waals surface area contributed by atoms with Crippen LogP contribution in [-0.2, 0) is 10.4 Å². The third kappa shape index (κ3) is 10.2. The van der Waals surface area contributed by atoms with Crippen molar-refractivity contribution in [3.05, 3.63) is 0 Å². The fraction of sp³-hybridized carbons (Fsp3) is 1.00. The van der Waals surface area contributed by atoms with Gasteiger partial charge in [-0.3, -0.25) is 9.11 Å². The highest BCUT2D eigenvalue weighted by molar-refractivity contribution is 7.79. The Bertz CT molecular complexity index is 196. The van der Waals surface area contributed by atoms with E-state index in [0.29, 0.717) is 0 Å². The van der Waals surface area contributed by atoms with E-state index in [1.165, 1.54) is 0 Å². The van der Waals surface area contributed by atoms with Gasteiger partial charge in [-0.05, 0) is 7.26 Å². The molecule has 0 saturated carbocycles. The van der Waals surface area contributed by atoms with Crippen molar-refractivity contribution in [2.24, 2.45) is 0 Å². The van der Waals surface area contributed by atoms with Crippen LogP contribution in [-0.4, -0.2) is 63.3 Å². The van der Waals surface area contributed by atoms with Gasteiger partial charge in [0.2, 0.25) is 0 Å². The minimum absolute atomic E-state index is 0.295. The number of aliphatic hydroxyl groups excluding tert-OH is 4. The number of hydrogen-bond acceptors (Lipinski definition) is 6. The fourth-order valence-corrected chi connectivity index (χ4v) is 0.805. The maximum atomic E-state index is 8.74. The lowest BCUT2D eigenvalue weighted by Gasteiger charge is -2.26. The van der Waals surface area contributed by atoms with Crippen molar-refractivity contribution < 1.29 is 37.9 Å². The predicted molar refractivity (Wildman–Crippen MR) is 49.4 cm³/mol. The molecule has 1 radical (unpaired) electrons. The fourth-order valence-electron chi connectivity index (χ4n) is 0.268. The van der Waals surface area contributed by atoms with Gasteiger partial charge in [-0.25, -0.2) is 0 Å². The van der Waals surface area contributed by atoms with Crippen LogP contribution in [0.3, 0.4) is 0 Å². The lowest BCUT2D eigenvalue weighted by molar-refractivity contribution is 0.288. The zero-order valence-corrected chi connectivity index (χ0v) is 8.89. The quantitative estimate of drug-likeness (QED) is 0.252. The van der Waals surface area contributed by atoms with Crippen molar-refractivity contribution in [1.82, 2.24) is 0 Å². The molecule has 0 aliphatic rings. The molecular formula is C4H14O8PS. The van der Waals surface area contributed by atoms with Crippen LogP contribution in [0, 0.1) is 0 Å². The summed E-state index contributed by atoms with van der Waals surface area (Å²) in [7, 11) is -6.86. The molecule has 10 heteroatoms. The molecule has 0 aromatic heterocycles. The molecule has 0 unspecified atom stereocenters. The first-order valence-corrected chi connectivity index (χ1v) is 7.16. The Kier molecular flexibility index (Phi) is 8.80. The summed E-state index contributed by atoms with van der Waals surface area (Å²) in [5.41, 5.74) is 0. The molecule has 8 nitrogen and oxygen atoms in total. The lowest BCUT2D eigenvalue weighted by atomic mass is 11.6. The molecule has 0 aliphatic carbocycles. The first-order valence-electron chi connectivity index (χ1n) is 3.23. The highest BCUT2D eigenvalue weighted by atomic mass is 32.3. The molecule has 0 heterocycles. The molecule has 89 valence electrons. The zero-order valence-electron chi connectivity index (χ0n) is 7.18. The highest BCUT2D eigenvalue weighted by Gasteiger charge is 2.23. The van der Waals surface area contributed by atoms with E-state index in [2.05, 4.69) is 0 Å². The second-order valence-corrected chi connectivity index (χ2v) is 7.07. The largest absolute Gasteiger partial charge is 0.394 e. The second-order valence-electron chi connectivity index (χ2n) is 2.36. The summed E-state index contributed by atoms with van der Waals surface area (Å²) in [6.45, 7) is 0. The minimum atomic E-state index is -4.67. The van der Waals surface area contributed by atoms with Crippen molar-refractivity contribution in [1.29, 1.82) is 0 Å². The smallest absolute Gasteiger partial charge is 0.392 e. The van der Waals surface area contributed by atoms with Crippen LogP contribution >= 0.6 is 7.26 Å². The van der Waals surface area contributed by atoms with E-state index in [4.69, 9.17) is 37.9 Å². The molecule has 0 aliphatic heterocycles. The average Bonchev–Trinajstić information content (AvgIpc) is 2.07. The van der Waals surface area contributed by atoms with E-state index in [0.717, 1.165) is 0 Å². The van der Waals surface area contributed by atoms with Crippen molar-refractivity contribution >= 4 is 17.7 Å². The molecule has 14 heavy (non-hydrogen) atoms. The van der Waals surface area contributed by atoms with Crippen LogP contribution in [0.1, 0.15) is 0 Å². The van der Waals surface area contributed by atoms with Gasteiger partial charge in [0.15, 0.2) is 0 Å². The Labute approximate surface area is 81.7 Å². The zero-order chi connectivity index (χ0) is 11.8. The molecule has 0 spiro atoms. The molecule has 0 aromatic rings. The second kappa shape index (κ2) is 7.43. The molecule has 0 saturated heterocycles. The van der Waals surface area contributed by atoms with Gasteiger partial charge >= 0.3 is 10.4 Å². The van der Waals surface area contributed by atoms with Crippen LogP contribution in [0.5, 0.6) is 0 Å². The van der Waals surface area contributed by atoms with Gasteiger partial charge < -0.3 is 20.4 Å². The predicted octanol–water partition coefficient (Wildman–Crippen LogP) is -1.85. The molecule has 0 atom stereocenters. The SMILES string of the molecule is O=S(=O)(O)O.OC[P](CO)(CO)CO. The molecule has 0 aromatic carbocycles. The van der Waals surface area contributed by atoms with E-state index in [1.54, 1.807) is 0 Å². The third-order valence-electron chi connectivity index (χ3n) is 1.20. The Hall–Kier alpha value is 0.140. The number of aliphatic hydroxyl groups is 4. The average molecular weight is 253 g/mol. The summed E-state index contributed by atoms with van der Waals surface area (Å²) in [6, 6.07) is 0. The summed E-state index contributed by atoms with van der Waals surface area (Å²) in [4.78, 5) is 0. The molecule has 0 bridgehead atoms. The van der Waals surface area contributed by atoms with E-state index >= 15 is 0 Å². The summed E-state index contributed by atoms with van der Waals surface area (Å²) >= 11 is 0. The molecular weight excluding hydrogens is 239 g/mol. The van der Waals surface area contributed by atoms with Crippen LogP contribution in [0.15, 0.2) is 0 Å². The summed E-state index contributed by atoms with van der Waals surface area (Å²) in [6.07, 6.45) is -1.18. The van der Waals surface area contributed by atoms with E-state index in [-0.39, 0.29) is 25.4 Å². The van der Waals surface area contributed by atoms with E-state index < -0.39 is 17.7 Å². The third-order valence-corrected chi connectivity index (χ3v) is 3.60. The monoisotopic (exact) mass is 253 g/mol. The molecule has 0 fully saturated rings. The molecule has 0 amide bonds. The van der Waals surface area contributed by atoms with Crippen LogP contribution in [0.25, 0.3) is 0 Å². The molecule has 0 rings (SSSR count). The van der Waals surface area contributed by atoms with Gasteiger partial charge in [0, 0.05) is 0 Å². The standard InChI is InChI=1S/C4H12O4P.H2O4S/c5-1-9(2-6,3-7)4-8;1-5(2,3)4/h5-8H,1-4H2;(H2,1,2,3,4). The summed E-state index contributed by atoms with van der Waals surface area (Å²) < 4.78 is 31.6. The topological polar surface area (TPSA) is 156 Å². The van der Waals surface area contributed by atoms with Gasteiger partial charge in [0.1, 0.15) is 0 Å². The Balaban J connectivity index is 0. The maximum Gasteiger partial charge on any atom is 0.394 e. The van der Waals surface area contributed by atoms with Crippen LogP contribution in [0.4, 0.5) is 0 Å². The van der Waals surface area contributed by atoms with Crippen LogP contribution < -0.4 is 0 Å². The Morgan fingerprint density at radius 3 is 0.929 bits per heavy atom. The highest BCUT2D eigenvalue weighted by Crippen LogP contribution is 2.54. The first-order chi connectivity index (χ1) is 6.24. The number of rotatable bonds is 4. The Morgan fingerprint density at radius 2 is 0.929 bits per heavy atom. The van der Waals surface area contributed by atoms with Crippen LogP contribution in [0.2, 0.25) is 0 Å². The van der Waals surface area contributed by atoms with Crippen molar-refractivity contribution in [2.45, 2.75) is 0 Å². The Morgan fingerprint density at radius 1 is 0.786 bits per heavy atom. The van der Waals surface area contributed by atoms with E-state index in [9.17, 15) is 0 Å². The summed E-state index contributed by atoms with van der Waals surface area (Å²) in [5, 5.41) is 34.2. The van der Waals surface area contributed by atoms with Gasteiger partial charge in [0.05, 0.1) is 25.4 Å². The first kappa shape index (κ1) is 16.6. The van der Waals surface area contributed by atoms with Crippen molar-refractivity contribution in [3.63, 3.8) is 0 Å². The van der Waals surface area contributed by atoms with Gasteiger partial charge in [-0.15, -0.1) is 0 Å².